The second kappa shape index (κ2) is 5.07. The Morgan fingerprint density at radius 2 is 2.13 bits per heavy atom. The summed E-state index contributed by atoms with van der Waals surface area (Å²) in [5.41, 5.74) is 0. The van der Waals surface area contributed by atoms with Crippen LogP contribution in [-0.2, 0) is 0 Å². The fourth-order valence-corrected chi connectivity index (χ4v) is 3.77. The first-order valence-corrected chi connectivity index (χ1v) is 7.48. The van der Waals surface area contributed by atoms with E-state index in [9.17, 15) is 0 Å². The predicted octanol–water partition coefficient (Wildman–Crippen LogP) is 1.67. The monoisotopic (exact) mass is 228 g/mol. The fraction of sp³-hybridized carbons (Fsp3) is 1.00. The lowest BCUT2D eigenvalue weighted by atomic mass is 9.95. The molecule has 0 radical (unpaired) electrons. The lowest BCUT2D eigenvalue weighted by Gasteiger charge is -2.28. The van der Waals surface area contributed by atoms with E-state index in [0.717, 1.165) is 23.1 Å². The van der Waals surface area contributed by atoms with E-state index in [1.807, 2.05) is 11.8 Å². The van der Waals surface area contributed by atoms with Crippen molar-refractivity contribution in [1.29, 1.82) is 0 Å². The van der Waals surface area contributed by atoms with Crippen LogP contribution in [0.5, 0.6) is 0 Å². The first-order chi connectivity index (χ1) is 7.22. The molecule has 0 aromatic carbocycles. The zero-order valence-electron chi connectivity index (χ0n) is 10.2. The Morgan fingerprint density at radius 1 is 1.33 bits per heavy atom. The molecule has 0 aromatic rings. The minimum Gasteiger partial charge on any atom is -0.314 e. The molecule has 1 N–H and O–H groups in total. The van der Waals surface area contributed by atoms with Crippen LogP contribution in [0.15, 0.2) is 0 Å². The largest absolute Gasteiger partial charge is 0.314 e. The standard InChI is InChI=1S/C12H24N2S/c1-9(2)10-4-5-14(8-10)11-6-13-7-12(11)15-3/h9-13H,4-8H2,1-3H3. The maximum atomic E-state index is 3.53. The quantitative estimate of drug-likeness (QED) is 0.791. The van der Waals surface area contributed by atoms with E-state index in [4.69, 9.17) is 0 Å². The van der Waals surface area contributed by atoms with Crippen molar-refractivity contribution < 1.29 is 0 Å². The van der Waals surface area contributed by atoms with Gasteiger partial charge in [-0.15, -0.1) is 0 Å². The van der Waals surface area contributed by atoms with Gasteiger partial charge in [-0.3, -0.25) is 4.90 Å². The zero-order valence-corrected chi connectivity index (χ0v) is 11.0. The van der Waals surface area contributed by atoms with Gasteiger partial charge in [-0.1, -0.05) is 13.8 Å². The Kier molecular flexibility index (Phi) is 3.97. The Morgan fingerprint density at radius 3 is 2.73 bits per heavy atom. The van der Waals surface area contributed by atoms with Gasteiger partial charge < -0.3 is 5.32 Å². The van der Waals surface area contributed by atoms with Crippen LogP contribution in [0.3, 0.4) is 0 Å². The van der Waals surface area contributed by atoms with Gasteiger partial charge >= 0.3 is 0 Å². The molecule has 0 aromatic heterocycles. The van der Waals surface area contributed by atoms with Crippen molar-refractivity contribution in [3.63, 3.8) is 0 Å². The van der Waals surface area contributed by atoms with Crippen LogP contribution in [0.25, 0.3) is 0 Å². The molecule has 3 atom stereocenters. The smallest absolute Gasteiger partial charge is 0.0351 e. The Bertz CT molecular complexity index is 208. The third-order valence-electron chi connectivity index (χ3n) is 4.10. The molecular weight excluding hydrogens is 204 g/mol. The summed E-state index contributed by atoms with van der Waals surface area (Å²) in [7, 11) is 0. The van der Waals surface area contributed by atoms with E-state index in [-0.39, 0.29) is 0 Å². The van der Waals surface area contributed by atoms with Crippen molar-refractivity contribution in [3.05, 3.63) is 0 Å². The highest BCUT2D eigenvalue weighted by Crippen LogP contribution is 2.29. The average molecular weight is 228 g/mol. The molecule has 2 fully saturated rings. The van der Waals surface area contributed by atoms with Crippen LogP contribution in [-0.4, -0.2) is 48.6 Å². The number of hydrogen-bond donors (Lipinski definition) is 1. The predicted molar refractivity (Wildman–Crippen MR) is 68.5 cm³/mol. The molecule has 15 heavy (non-hydrogen) atoms. The molecular formula is C12H24N2S. The van der Waals surface area contributed by atoms with Gasteiger partial charge in [-0.05, 0) is 31.1 Å². The summed E-state index contributed by atoms with van der Waals surface area (Å²) in [5.74, 6) is 1.80. The average Bonchev–Trinajstić information content (AvgIpc) is 2.85. The highest BCUT2D eigenvalue weighted by molar-refractivity contribution is 7.99. The molecule has 0 spiro atoms. The van der Waals surface area contributed by atoms with Crippen LogP contribution in [0.1, 0.15) is 20.3 Å². The van der Waals surface area contributed by atoms with E-state index in [2.05, 4.69) is 30.3 Å². The Labute approximate surface area is 98.2 Å². The molecule has 3 heteroatoms. The normalized spacial score (nSPS) is 38.0. The van der Waals surface area contributed by atoms with Crippen LogP contribution >= 0.6 is 11.8 Å². The number of likely N-dealkylation sites (tertiary alicyclic amines) is 1. The van der Waals surface area contributed by atoms with Crippen molar-refractivity contribution in [2.45, 2.75) is 31.6 Å². The number of thioether (sulfide) groups is 1. The van der Waals surface area contributed by atoms with Gasteiger partial charge in [0.25, 0.3) is 0 Å². The van der Waals surface area contributed by atoms with Crippen molar-refractivity contribution >= 4 is 11.8 Å². The molecule has 2 saturated heterocycles. The van der Waals surface area contributed by atoms with Gasteiger partial charge in [0.15, 0.2) is 0 Å². The molecule has 0 bridgehead atoms. The van der Waals surface area contributed by atoms with E-state index in [0.29, 0.717) is 0 Å². The summed E-state index contributed by atoms with van der Waals surface area (Å²) >= 11 is 2.03. The molecule has 0 saturated carbocycles. The zero-order chi connectivity index (χ0) is 10.8. The van der Waals surface area contributed by atoms with E-state index in [1.54, 1.807) is 0 Å². The van der Waals surface area contributed by atoms with Crippen LogP contribution < -0.4 is 5.32 Å². The van der Waals surface area contributed by atoms with Gasteiger partial charge in [0.1, 0.15) is 0 Å². The fourth-order valence-electron chi connectivity index (χ4n) is 2.91. The van der Waals surface area contributed by atoms with E-state index in [1.165, 1.54) is 32.6 Å². The third kappa shape index (κ3) is 2.51. The summed E-state index contributed by atoms with van der Waals surface area (Å²) < 4.78 is 0. The molecule has 2 rings (SSSR count). The first kappa shape index (κ1) is 11.7. The summed E-state index contributed by atoms with van der Waals surface area (Å²) in [4.78, 5) is 2.73. The number of rotatable bonds is 3. The SMILES string of the molecule is CSC1CNCC1N1CCC(C(C)C)C1. The molecule has 2 aliphatic rings. The summed E-state index contributed by atoms with van der Waals surface area (Å²) in [6.07, 6.45) is 3.66. The third-order valence-corrected chi connectivity index (χ3v) is 5.19. The number of nitrogens with zero attached hydrogens (tertiary/aromatic N) is 1. The highest BCUT2D eigenvalue weighted by Gasteiger charge is 2.36. The van der Waals surface area contributed by atoms with Gasteiger partial charge in [-0.25, -0.2) is 0 Å². The highest BCUT2D eigenvalue weighted by atomic mass is 32.2. The maximum Gasteiger partial charge on any atom is 0.0351 e. The van der Waals surface area contributed by atoms with Crippen molar-refractivity contribution in [2.24, 2.45) is 11.8 Å². The molecule has 2 heterocycles. The van der Waals surface area contributed by atoms with Gasteiger partial charge in [-0.2, -0.15) is 11.8 Å². The summed E-state index contributed by atoms with van der Waals surface area (Å²) in [6.45, 7) is 9.80. The summed E-state index contributed by atoms with van der Waals surface area (Å²) in [5, 5.41) is 4.35. The molecule has 0 amide bonds. The van der Waals surface area contributed by atoms with Crippen molar-refractivity contribution in [3.8, 4) is 0 Å². The second-order valence-electron chi connectivity index (χ2n) is 5.29. The lowest BCUT2D eigenvalue weighted by molar-refractivity contribution is 0.242. The topological polar surface area (TPSA) is 15.3 Å². The minimum absolute atomic E-state index is 0.795. The van der Waals surface area contributed by atoms with Crippen LogP contribution in [0.2, 0.25) is 0 Å². The van der Waals surface area contributed by atoms with Crippen LogP contribution in [0, 0.1) is 11.8 Å². The van der Waals surface area contributed by atoms with E-state index >= 15 is 0 Å². The Hall–Kier alpha value is 0.270. The maximum absolute atomic E-state index is 3.53. The van der Waals surface area contributed by atoms with Gasteiger partial charge in [0.05, 0.1) is 0 Å². The van der Waals surface area contributed by atoms with Crippen LogP contribution in [0.4, 0.5) is 0 Å². The molecule has 3 unspecified atom stereocenters. The van der Waals surface area contributed by atoms with Gasteiger partial charge in [0, 0.05) is 30.9 Å². The second-order valence-corrected chi connectivity index (χ2v) is 6.36. The molecule has 0 aliphatic carbocycles. The molecule has 2 aliphatic heterocycles. The van der Waals surface area contributed by atoms with E-state index < -0.39 is 0 Å². The first-order valence-electron chi connectivity index (χ1n) is 6.20. The number of hydrogen-bond acceptors (Lipinski definition) is 3. The van der Waals surface area contributed by atoms with Crippen molar-refractivity contribution in [1.82, 2.24) is 10.2 Å². The molecule has 88 valence electrons. The number of nitrogens with one attached hydrogen (secondary N) is 1. The molecule has 2 nitrogen and oxygen atoms in total. The Balaban J connectivity index is 1.89. The van der Waals surface area contributed by atoms with Gasteiger partial charge in [0.2, 0.25) is 0 Å². The lowest BCUT2D eigenvalue weighted by Crippen LogP contribution is -2.40. The minimum atomic E-state index is 0.795. The van der Waals surface area contributed by atoms with Crippen molar-refractivity contribution in [2.75, 3.05) is 32.4 Å². The summed E-state index contributed by atoms with van der Waals surface area (Å²) in [6, 6.07) is 0.795.